The molecule has 2 amide bonds. The molecule has 0 aliphatic carbocycles. The van der Waals surface area contributed by atoms with E-state index >= 15 is 0 Å². The van der Waals surface area contributed by atoms with Crippen LogP contribution in [0.25, 0.3) is 0 Å². The summed E-state index contributed by atoms with van der Waals surface area (Å²) in [5.74, 6) is -0.824. The number of nitro groups is 1. The van der Waals surface area contributed by atoms with Crippen molar-refractivity contribution in [3.63, 3.8) is 0 Å². The summed E-state index contributed by atoms with van der Waals surface area (Å²) in [6, 6.07) is 7.02. The van der Waals surface area contributed by atoms with Gasteiger partial charge in [0.25, 0.3) is 5.69 Å². The molecule has 0 unspecified atom stereocenters. The van der Waals surface area contributed by atoms with E-state index in [-0.39, 0.29) is 5.69 Å². The Morgan fingerprint density at radius 3 is 2.23 bits per heavy atom. The highest BCUT2D eigenvalue weighted by Gasteiger charge is 2.27. The first-order chi connectivity index (χ1) is 12.5. The number of nitrogens with one attached hydrogen (secondary N) is 1. The molecule has 1 fully saturated rings. The first-order valence-electron chi connectivity index (χ1n) is 7.91. The quantitative estimate of drug-likeness (QED) is 0.487. The van der Waals surface area contributed by atoms with Crippen molar-refractivity contribution in [1.29, 1.82) is 0 Å². The van der Waals surface area contributed by atoms with Crippen LogP contribution in [0.2, 0.25) is 0 Å². The number of piperazine rings is 1. The lowest BCUT2D eigenvalue weighted by atomic mass is 10.2. The summed E-state index contributed by atoms with van der Waals surface area (Å²) in [6.07, 6.45) is 3.30. The van der Waals surface area contributed by atoms with Crippen molar-refractivity contribution in [1.82, 2.24) is 14.9 Å². The van der Waals surface area contributed by atoms with Crippen LogP contribution in [0, 0.1) is 10.1 Å². The van der Waals surface area contributed by atoms with Gasteiger partial charge in [-0.3, -0.25) is 19.7 Å². The Labute approximate surface area is 148 Å². The summed E-state index contributed by atoms with van der Waals surface area (Å²) < 4.78 is 0. The maximum Gasteiger partial charge on any atom is 0.313 e. The Morgan fingerprint density at radius 1 is 1.04 bits per heavy atom. The molecule has 2 aromatic rings. The van der Waals surface area contributed by atoms with Crippen molar-refractivity contribution >= 4 is 29.1 Å². The molecule has 26 heavy (non-hydrogen) atoms. The molecule has 0 bridgehead atoms. The molecule has 1 aliphatic heterocycles. The summed E-state index contributed by atoms with van der Waals surface area (Å²) in [5, 5.41) is 13.1. The largest absolute Gasteiger partial charge is 0.337 e. The molecule has 0 atom stereocenters. The Hall–Kier alpha value is -3.56. The van der Waals surface area contributed by atoms with Crippen molar-refractivity contribution in [2.75, 3.05) is 36.4 Å². The lowest BCUT2D eigenvalue weighted by Crippen LogP contribution is -2.52. The first kappa shape index (κ1) is 17.3. The number of carbonyl (C=O) groups is 2. The van der Waals surface area contributed by atoms with Crippen LogP contribution in [0.5, 0.6) is 0 Å². The number of hydrogen-bond donors (Lipinski definition) is 1. The van der Waals surface area contributed by atoms with Crippen LogP contribution < -0.4 is 10.2 Å². The summed E-state index contributed by atoms with van der Waals surface area (Å²) in [6.45, 7) is 1.82. The van der Waals surface area contributed by atoms with Crippen LogP contribution >= 0.6 is 0 Å². The fourth-order valence-corrected chi connectivity index (χ4v) is 2.56. The maximum atomic E-state index is 12.3. The molecule has 3 rings (SSSR count). The normalized spacial score (nSPS) is 14.0. The Kier molecular flexibility index (Phi) is 5.02. The second-order valence-corrected chi connectivity index (χ2v) is 5.59. The van der Waals surface area contributed by atoms with Crippen LogP contribution in [0.1, 0.15) is 0 Å². The number of non-ortho nitro benzene ring substituents is 1. The van der Waals surface area contributed by atoms with Gasteiger partial charge in [0.1, 0.15) is 0 Å². The van der Waals surface area contributed by atoms with Gasteiger partial charge < -0.3 is 15.1 Å². The molecule has 0 radical (unpaired) electrons. The molecule has 2 heterocycles. The predicted molar refractivity (Wildman–Crippen MR) is 92.6 cm³/mol. The number of nitrogens with zero attached hydrogens (tertiary/aromatic N) is 5. The number of rotatable bonds is 3. The Morgan fingerprint density at radius 2 is 1.65 bits per heavy atom. The zero-order valence-electron chi connectivity index (χ0n) is 13.7. The lowest BCUT2D eigenvalue weighted by Gasteiger charge is -2.34. The van der Waals surface area contributed by atoms with E-state index in [1.165, 1.54) is 29.2 Å². The standard InChI is InChI=1S/C16H16N6O4/c23-14(19-12-2-4-13(5-3-12)22(25)26)15(24)20-8-10-21(11-9-20)16-17-6-1-7-18-16/h1-7H,8-11H2,(H,19,23). The summed E-state index contributed by atoms with van der Waals surface area (Å²) >= 11 is 0. The zero-order chi connectivity index (χ0) is 18.5. The van der Waals surface area contributed by atoms with Gasteiger partial charge in [0.05, 0.1) is 4.92 Å². The van der Waals surface area contributed by atoms with Crippen molar-refractivity contribution in [3.8, 4) is 0 Å². The Bertz CT molecular complexity index is 803. The van der Waals surface area contributed by atoms with E-state index in [9.17, 15) is 19.7 Å². The monoisotopic (exact) mass is 356 g/mol. The third kappa shape index (κ3) is 3.91. The second-order valence-electron chi connectivity index (χ2n) is 5.59. The number of aromatic nitrogens is 2. The molecular formula is C16H16N6O4. The van der Waals surface area contributed by atoms with E-state index < -0.39 is 16.7 Å². The van der Waals surface area contributed by atoms with Crippen LogP contribution in [-0.2, 0) is 9.59 Å². The zero-order valence-corrected chi connectivity index (χ0v) is 13.7. The van der Waals surface area contributed by atoms with Gasteiger partial charge in [0.15, 0.2) is 0 Å². The molecule has 10 nitrogen and oxygen atoms in total. The van der Waals surface area contributed by atoms with Crippen LogP contribution in [-0.4, -0.2) is 57.8 Å². The van der Waals surface area contributed by atoms with Gasteiger partial charge in [0.2, 0.25) is 5.95 Å². The molecular weight excluding hydrogens is 340 g/mol. The van der Waals surface area contributed by atoms with E-state index in [4.69, 9.17) is 0 Å². The fourth-order valence-electron chi connectivity index (χ4n) is 2.56. The smallest absolute Gasteiger partial charge is 0.313 e. The van der Waals surface area contributed by atoms with E-state index in [0.717, 1.165) is 0 Å². The average Bonchev–Trinajstić information content (AvgIpc) is 2.68. The molecule has 0 spiro atoms. The molecule has 10 heteroatoms. The van der Waals surface area contributed by atoms with E-state index in [1.54, 1.807) is 18.5 Å². The van der Waals surface area contributed by atoms with Gasteiger partial charge in [-0.25, -0.2) is 9.97 Å². The molecule has 1 aromatic carbocycles. The van der Waals surface area contributed by atoms with Gasteiger partial charge in [-0.1, -0.05) is 0 Å². The van der Waals surface area contributed by atoms with Gasteiger partial charge in [0, 0.05) is 56.4 Å². The predicted octanol–water partition coefficient (Wildman–Crippen LogP) is 0.672. The van der Waals surface area contributed by atoms with Crippen LogP contribution in [0.4, 0.5) is 17.3 Å². The molecule has 1 aromatic heterocycles. The third-order valence-corrected chi connectivity index (χ3v) is 3.93. The highest BCUT2D eigenvalue weighted by molar-refractivity contribution is 6.39. The number of carbonyl (C=O) groups excluding carboxylic acids is 2. The number of nitro benzene ring substituents is 1. The summed E-state index contributed by atoms with van der Waals surface area (Å²) in [5.41, 5.74) is 0.235. The van der Waals surface area contributed by atoms with E-state index in [1.807, 2.05) is 4.90 Å². The van der Waals surface area contributed by atoms with Gasteiger partial charge >= 0.3 is 11.8 Å². The summed E-state index contributed by atoms with van der Waals surface area (Å²) in [4.78, 5) is 46.2. The van der Waals surface area contributed by atoms with Crippen LogP contribution in [0.15, 0.2) is 42.7 Å². The number of amides is 2. The third-order valence-electron chi connectivity index (χ3n) is 3.93. The Balaban J connectivity index is 1.54. The summed E-state index contributed by atoms with van der Waals surface area (Å²) in [7, 11) is 0. The maximum absolute atomic E-state index is 12.3. The van der Waals surface area contributed by atoms with Crippen molar-refractivity contribution in [2.45, 2.75) is 0 Å². The van der Waals surface area contributed by atoms with Gasteiger partial charge in [-0.2, -0.15) is 0 Å². The molecule has 1 saturated heterocycles. The van der Waals surface area contributed by atoms with Gasteiger partial charge in [-0.05, 0) is 18.2 Å². The van der Waals surface area contributed by atoms with E-state index in [0.29, 0.717) is 37.8 Å². The number of anilines is 2. The average molecular weight is 356 g/mol. The van der Waals surface area contributed by atoms with E-state index in [2.05, 4.69) is 15.3 Å². The highest BCUT2D eigenvalue weighted by Crippen LogP contribution is 2.16. The molecule has 1 N–H and O–H groups in total. The van der Waals surface area contributed by atoms with Crippen molar-refractivity contribution < 1.29 is 14.5 Å². The minimum atomic E-state index is -0.775. The fraction of sp³-hybridized carbons (Fsp3) is 0.250. The van der Waals surface area contributed by atoms with Crippen molar-refractivity contribution in [3.05, 3.63) is 52.8 Å². The lowest BCUT2D eigenvalue weighted by molar-refractivity contribution is -0.384. The molecule has 1 aliphatic rings. The molecule has 0 saturated carbocycles. The first-order valence-corrected chi connectivity index (χ1v) is 7.91. The highest BCUT2D eigenvalue weighted by atomic mass is 16.6. The molecule has 134 valence electrons. The van der Waals surface area contributed by atoms with Crippen molar-refractivity contribution in [2.24, 2.45) is 0 Å². The van der Waals surface area contributed by atoms with Gasteiger partial charge in [-0.15, -0.1) is 0 Å². The SMILES string of the molecule is O=C(Nc1ccc([N+](=O)[O-])cc1)C(=O)N1CCN(c2ncccn2)CC1. The minimum absolute atomic E-state index is 0.0893. The minimum Gasteiger partial charge on any atom is -0.337 e. The topological polar surface area (TPSA) is 122 Å². The number of benzene rings is 1. The second kappa shape index (κ2) is 7.55. The number of hydrogen-bond acceptors (Lipinski definition) is 7. The van der Waals surface area contributed by atoms with Crippen LogP contribution in [0.3, 0.4) is 0 Å².